The predicted octanol–water partition coefficient (Wildman–Crippen LogP) is 4.36. The van der Waals surface area contributed by atoms with Crippen LogP contribution in [0.1, 0.15) is 29.5 Å². The molecule has 1 atom stereocenters. The molecule has 1 unspecified atom stereocenters. The lowest BCUT2D eigenvalue weighted by Crippen LogP contribution is -2.20. The first-order valence-electron chi connectivity index (χ1n) is 10.5. The molecule has 1 aliphatic rings. The lowest BCUT2D eigenvalue weighted by molar-refractivity contribution is 0.120. The normalized spacial score (nSPS) is 16.6. The fourth-order valence-corrected chi connectivity index (χ4v) is 4.22. The molecule has 0 bridgehead atoms. The highest BCUT2D eigenvalue weighted by molar-refractivity contribution is 5.88. The van der Waals surface area contributed by atoms with Crippen LogP contribution in [0, 0.1) is 20.8 Å². The Balaban J connectivity index is 1.67. The Morgan fingerprint density at radius 3 is 2.90 bits per heavy atom. The van der Waals surface area contributed by atoms with Crippen LogP contribution in [0.5, 0.6) is 0 Å². The Bertz CT molecular complexity index is 1310. The first-order valence-corrected chi connectivity index (χ1v) is 10.5. The molecule has 154 valence electrons. The number of imidazole rings is 1. The van der Waals surface area contributed by atoms with Gasteiger partial charge in [-0.15, -0.1) is 0 Å². The molecule has 30 heavy (non-hydrogen) atoms. The number of anilines is 1. The Morgan fingerprint density at radius 2 is 2.10 bits per heavy atom. The minimum Gasteiger partial charge on any atom is -0.376 e. The number of aryl methyl sites for hydroxylation is 3. The summed E-state index contributed by atoms with van der Waals surface area (Å²) in [4.78, 5) is 21.0. The molecule has 1 fully saturated rings. The van der Waals surface area contributed by atoms with E-state index in [1.54, 1.807) is 0 Å². The molecule has 0 radical (unpaired) electrons. The molecular weight excluding hydrogens is 376 g/mol. The van der Waals surface area contributed by atoms with Crippen molar-refractivity contribution in [3.63, 3.8) is 0 Å². The summed E-state index contributed by atoms with van der Waals surface area (Å²) in [6, 6.07) is 10.1. The summed E-state index contributed by atoms with van der Waals surface area (Å²) < 4.78 is 7.81. The molecule has 4 aromatic rings. The molecule has 6 heteroatoms. The Labute approximate surface area is 174 Å². The van der Waals surface area contributed by atoms with Crippen molar-refractivity contribution in [2.75, 3.05) is 18.5 Å². The fraction of sp³-hybridized carbons (Fsp3) is 0.333. The van der Waals surface area contributed by atoms with Crippen LogP contribution in [-0.2, 0) is 4.74 Å². The van der Waals surface area contributed by atoms with E-state index in [1.807, 2.05) is 35.7 Å². The third-order valence-electron chi connectivity index (χ3n) is 6.09. The van der Waals surface area contributed by atoms with Crippen molar-refractivity contribution in [2.24, 2.45) is 0 Å². The van der Waals surface area contributed by atoms with E-state index in [9.17, 15) is 4.79 Å². The molecule has 5 rings (SSSR count). The maximum absolute atomic E-state index is 13.1. The molecule has 1 saturated heterocycles. The van der Waals surface area contributed by atoms with E-state index in [0.29, 0.717) is 17.8 Å². The van der Waals surface area contributed by atoms with E-state index in [-0.39, 0.29) is 11.7 Å². The Kier molecular flexibility index (Phi) is 4.59. The number of aromatic amines is 1. The number of hydrogen-bond acceptors (Lipinski definition) is 4. The summed E-state index contributed by atoms with van der Waals surface area (Å²) in [5, 5.41) is 4.53. The van der Waals surface area contributed by atoms with Gasteiger partial charge in [-0.2, -0.15) is 0 Å². The van der Waals surface area contributed by atoms with E-state index in [1.165, 1.54) is 0 Å². The van der Waals surface area contributed by atoms with Gasteiger partial charge in [-0.3, -0.25) is 9.20 Å². The SMILES string of the molecule is Cc1ccc2nc(-c3cc4ccc(C)c(C)c4[nH]c3=O)c(NCC3CCCO3)n2c1. The maximum Gasteiger partial charge on any atom is 0.258 e. The van der Waals surface area contributed by atoms with Crippen molar-refractivity contribution in [3.05, 3.63) is 63.6 Å². The first-order chi connectivity index (χ1) is 14.5. The number of H-pyrrole nitrogens is 1. The number of aromatic nitrogens is 3. The zero-order valence-electron chi connectivity index (χ0n) is 17.6. The quantitative estimate of drug-likeness (QED) is 0.532. The van der Waals surface area contributed by atoms with Gasteiger partial charge in [0, 0.05) is 19.3 Å². The smallest absolute Gasteiger partial charge is 0.258 e. The van der Waals surface area contributed by atoms with E-state index in [2.05, 4.69) is 36.3 Å². The van der Waals surface area contributed by atoms with Gasteiger partial charge in [-0.25, -0.2) is 4.98 Å². The highest BCUT2D eigenvalue weighted by atomic mass is 16.5. The number of nitrogens with one attached hydrogen (secondary N) is 2. The summed E-state index contributed by atoms with van der Waals surface area (Å²) in [5.41, 5.74) is 6.19. The molecule has 0 aliphatic carbocycles. The van der Waals surface area contributed by atoms with Crippen LogP contribution in [0.25, 0.3) is 27.8 Å². The summed E-state index contributed by atoms with van der Waals surface area (Å²) in [7, 11) is 0. The average molecular weight is 402 g/mol. The number of pyridine rings is 2. The molecular formula is C24H26N4O2. The molecule has 4 heterocycles. The number of rotatable bonds is 4. The van der Waals surface area contributed by atoms with Crippen molar-refractivity contribution >= 4 is 22.4 Å². The standard InChI is InChI=1S/C24H26N4O2/c1-14-6-9-20-26-22(23(28(20)13-14)25-12-18-5-4-10-30-18)19-11-17-8-7-15(2)16(3)21(17)27-24(19)29/h6-9,11,13,18,25H,4-5,10,12H2,1-3H3,(H,27,29). The van der Waals surface area contributed by atoms with E-state index < -0.39 is 0 Å². The largest absolute Gasteiger partial charge is 0.376 e. The van der Waals surface area contributed by atoms with E-state index in [0.717, 1.165) is 58.5 Å². The Morgan fingerprint density at radius 1 is 1.23 bits per heavy atom. The second-order valence-electron chi connectivity index (χ2n) is 8.24. The van der Waals surface area contributed by atoms with Crippen LogP contribution in [0.4, 0.5) is 5.82 Å². The number of nitrogens with zero attached hydrogens (tertiary/aromatic N) is 2. The summed E-state index contributed by atoms with van der Waals surface area (Å²) in [5.74, 6) is 0.831. The van der Waals surface area contributed by atoms with Crippen molar-refractivity contribution in [3.8, 4) is 11.3 Å². The zero-order valence-corrected chi connectivity index (χ0v) is 17.6. The van der Waals surface area contributed by atoms with Crippen LogP contribution in [0.15, 0.2) is 41.3 Å². The van der Waals surface area contributed by atoms with E-state index in [4.69, 9.17) is 9.72 Å². The van der Waals surface area contributed by atoms with Gasteiger partial charge in [-0.05, 0) is 67.8 Å². The fourth-order valence-electron chi connectivity index (χ4n) is 4.22. The molecule has 0 saturated carbocycles. The minimum absolute atomic E-state index is 0.128. The van der Waals surface area contributed by atoms with Crippen LogP contribution < -0.4 is 10.9 Å². The first kappa shape index (κ1) is 18.9. The summed E-state index contributed by atoms with van der Waals surface area (Å²) >= 11 is 0. The topological polar surface area (TPSA) is 71.4 Å². The van der Waals surface area contributed by atoms with Crippen molar-refractivity contribution in [2.45, 2.75) is 39.7 Å². The van der Waals surface area contributed by atoms with Crippen LogP contribution in [0.3, 0.4) is 0 Å². The number of fused-ring (bicyclic) bond motifs is 2. The van der Waals surface area contributed by atoms with Crippen molar-refractivity contribution in [1.29, 1.82) is 0 Å². The van der Waals surface area contributed by atoms with Crippen LogP contribution >= 0.6 is 0 Å². The molecule has 0 amide bonds. The van der Waals surface area contributed by atoms with E-state index >= 15 is 0 Å². The number of ether oxygens (including phenoxy) is 1. The number of benzene rings is 1. The van der Waals surface area contributed by atoms with Crippen LogP contribution in [-0.4, -0.2) is 33.6 Å². The zero-order chi connectivity index (χ0) is 20.8. The molecule has 3 aromatic heterocycles. The van der Waals surface area contributed by atoms with Crippen molar-refractivity contribution in [1.82, 2.24) is 14.4 Å². The van der Waals surface area contributed by atoms with Gasteiger partial charge >= 0.3 is 0 Å². The second kappa shape index (κ2) is 7.29. The van der Waals surface area contributed by atoms with Gasteiger partial charge in [0.15, 0.2) is 0 Å². The van der Waals surface area contributed by atoms with Gasteiger partial charge in [-0.1, -0.05) is 18.2 Å². The van der Waals surface area contributed by atoms with Gasteiger partial charge in [0.05, 0.1) is 17.2 Å². The highest BCUT2D eigenvalue weighted by Gasteiger charge is 2.21. The monoisotopic (exact) mass is 402 g/mol. The lowest BCUT2D eigenvalue weighted by atomic mass is 10.0. The lowest BCUT2D eigenvalue weighted by Gasteiger charge is -2.13. The molecule has 2 N–H and O–H groups in total. The second-order valence-corrected chi connectivity index (χ2v) is 8.24. The molecule has 1 aliphatic heterocycles. The van der Waals surface area contributed by atoms with Gasteiger partial charge in [0.1, 0.15) is 17.2 Å². The van der Waals surface area contributed by atoms with Crippen LogP contribution in [0.2, 0.25) is 0 Å². The maximum atomic E-state index is 13.1. The number of hydrogen-bond donors (Lipinski definition) is 2. The highest BCUT2D eigenvalue weighted by Crippen LogP contribution is 2.30. The molecule has 0 spiro atoms. The summed E-state index contributed by atoms with van der Waals surface area (Å²) in [6.07, 6.45) is 4.38. The van der Waals surface area contributed by atoms with Crippen molar-refractivity contribution < 1.29 is 4.74 Å². The average Bonchev–Trinajstić information content (AvgIpc) is 3.37. The van der Waals surface area contributed by atoms with Gasteiger partial charge in [0.25, 0.3) is 5.56 Å². The summed E-state index contributed by atoms with van der Waals surface area (Å²) in [6.45, 7) is 7.65. The third-order valence-corrected chi connectivity index (χ3v) is 6.09. The minimum atomic E-state index is -0.128. The predicted molar refractivity (Wildman–Crippen MR) is 120 cm³/mol. The molecule has 6 nitrogen and oxygen atoms in total. The van der Waals surface area contributed by atoms with Gasteiger partial charge in [0.2, 0.25) is 0 Å². The Hall–Kier alpha value is -3.12. The third kappa shape index (κ3) is 3.17. The van der Waals surface area contributed by atoms with Gasteiger partial charge < -0.3 is 15.0 Å². The molecule has 1 aromatic carbocycles.